The van der Waals surface area contributed by atoms with Crippen molar-refractivity contribution >= 4 is 10.1 Å². The minimum atomic E-state index is -3.89. The zero-order chi connectivity index (χ0) is 20.4. The van der Waals surface area contributed by atoms with Gasteiger partial charge in [-0.2, -0.15) is 8.42 Å². The van der Waals surface area contributed by atoms with Crippen molar-refractivity contribution in [2.75, 3.05) is 0 Å². The van der Waals surface area contributed by atoms with E-state index in [4.69, 9.17) is 0 Å². The Morgan fingerprint density at radius 1 is 0.630 bits per heavy atom. The van der Waals surface area contributed by atoms with Crippen LogP contribution in [0, 0.1) is 0 Å². The van der Waals surface area contributed by atoms with Crippen molar-refractivity contribution in [2.24, 2.45) is 0 Å². The molecule has 0 aliphatic carbocycles. The first-order chi connectivity index (χ1) is 12.9. The highest BCUT2D eigenvalue weighted by molar-refractivity contribution is 7.86. The largest absolute Gasteiger partial charge is 0.393 e. The van der Waals surface area contributed by atoms with Crippen LogP contribution in [0.3, 0.4) is 0 Å². The average molecular weight is 407 g/mol. The molecule has 0 aliphatic rings. The molecule has 2 atom stereocenters. The molecular weight excluding hydrogens is 360 g/mol. The summed E-state index contributed by atoms with van der Waals surface area (Å²) in [4.78, 5) is 0. The summed E-state index contributed by atoms with van der Waals surface area (Å²) in [5, 5.41) is 8.65. The minimum absolute atomic E-state index is 0.154. The second kappa shape index (κ2) is 17.9. The number of rotatable bonds is 20. The maximum atomic E-state index is 11.5. The quantitative estimate of drug-likeness (QED) is 0.175. The van der Waals surface area contributed by atoms with E-state index in [1.807, 2.05) is 6.92 Å². The topological polar surface area (TPSA) is 74.6 Å². The first-order valence-electron chi connectivity index (χ1n) is 11.5. The van der Waals surface area contributed by atoms with E-state index in [-0.39, 0.29) is 6.10 Å². The van der Waals surface area contributed by atoms with Crippen LogP contribution >= 0.6 is 0 Å². The first-order valence-corrected chi connectivity index (χ1v) is 13.0. The predicted octanol–water partition coefficient (Wildman–Crippen LogP) is 6.67. The highest BCUT2D eigenvalue weighted by atomic mass is 32.2. The fraction of sp³-hybridized carbons (Fsp3) is 1.00. The van der Waals surface area contributed by atoms with Crippen LogP contribution in [0.25, 0.3) is 0 Å². The molecule has 27 heavy (non-hydrogen) atoms. The molecule has 4 nitrogen and oxygen atoms in total. The molecule has 0 saturated heterocycles. The summed E-state index contributed by atoms with van der Waals surface area (Å²) >= 11 is 0. The predicted molar refractivity (Wildman–Crippen MR) is 116 cm³/mol. The number of unbranched alkanes of at least 4 members (excludes halogenated alkanes) is 13. The Hall–Kier alpha value is -0.130. The summed E-state index contributed by atoms with van der Waals surface area (Å²) in [5.41, 5.74) is 0. The summed E-state index contributed by atoms with van der Waals surface area (Å²) in [6.07, 6.45) is 19.4. The molecule has 0 aromatic carbocycles. The molecule has 0 saturated carbocycles. The summed E-state index contributed by atoms with van der Waals surface area (Å²) < 4.78 is 32.4. The molecule has 0 bridgehead atoms. The van der Waals surface area contributed by atoms with Crippen LogP contribution in [0.1, 0.15) is 129 Å². The minimum Gasteiger partial charge on any atom is -0.393 e. The van der Waals surface area contributed by atoms with E-state index < -0.39 is 15.4 Å². The molecule has 0 aromatic rings. The van der Waals surface area contributed by atoms with Gasteiger partial charge in [0.1, 0.15) is 0 Å². The van der Waals surface area contributed by atoms with Crippen LogP contribution in [0.5, 0.6) is 0 Å². The SMILES string of the molecule is CCCCCCC(CCCCCCCCCCCCCC(C)O)S(=O)(=O)O. The van der Waals surface area contributed by atoms with Gasteiger partial charge in [0.25, 0.3) is 10.1 Å². The lowest BCUT2D eigenvalue weighted by molar-refractivity contribution is 0.180. The second-order valence-corrected chi connectivity index (χ2v) is 10.00. The molecule has 164 valence electrons. The van der Waals surface area contributed by atoms with Gasteiger partial charge in [0.05, 0.1) is 11.4 Å². The van der Waals surface area contributed by atoms with Crippen LogP contribution in [-0.2, 0) is 10.1 Å². The Bertz CT molecular complexity index is 407. The third-order valence-electron chi connectivity index (χ3n) is 5.45. The highest BCUT2D eigenvalue weighted by Gasteiger charge is 2.21. The van der Waals surface area contributed by atoms with Crippen LogP contribution in [0.4, 0.5) is 0 Å². The van der Waals surface area contributed by atoms with Crippen LogP contribution < -0.4 is 0 Å². The van der Waals surface area contributed by atoms with E-state index in [0.717, 1.165) is 51.4 Å². The molecule has 0 aliphatic heterocycles. The van der Waals surface area contributed by atoms with Crippen molar-refractivity contribution < 1.29 is 18.1 Å². The molecule has 2 N–H and O–H groups in total. The normalized spacial score (nSPS) is 14.4. The van der Waals surface area contributed by atoms with Gasteiger partial charge in [-0.25, -0.2) is 0 Å². The summed E-state index contributed by atoms with van der Waals surface area (Å²) in [7, 11) is -3.89. The van der Waals surface area contributed by atoms with Gasteiger partial charge in [-0.15, -0.1) is 0 Å². The first kappa shape index (κ1) is 26.9. The molecule has 0 spiro atoms. The summed E-state index contributed by atoms with van der Waals surface area (Å²) in [6.45, 7) is 4.00. The zero-order valence-electron chi connectivity index (χ0n) is 18.0. The van der Waals surface area contributed by atoms with E-state index in [9.17, 15) is 18.1 Å². The number of aliphatic hydroxyl groups is 1. The van der Waals surface area contributed by atoms with Gasteiger partial charge in [0, 0.05) is 0 Å². The highest BCUT2D eigenvalue weighted by Crippen LogP contribution is 2.19. The van der Waals surface area contributed by atoms with Gasteiger partial charge in [0.15, 0.2) is 0 Å². The van der Waals surface area contributed by atoms with Crippen molar-refractivity contribution in [3.63, 3.8) is 0 Å². The molecule has 0 amide bonds. The zero-order valence-corrected chi connectivity index (χ0v) is 18.8. The lowest BCUT2D eigenvalue weighted by Crippen LogP contribution is -2.20. The van der Waals surface area contributed by atoms with Crippen molar-refractivity contribution in [1.29, 1.82) is 0 Å². The van der Waals surface area contributed by atoms with Gasteiger partial charge >= 0.3 is 0 Å². The smallest absolute Gasteiger partial charge is 0.267 e. The molecule has 0 radical (unpaired) electrons. The van der Waals surface area contributed by atoms with Crippen molar-refractivity contribution in [3.05, 3.63) is 0 Å². The van der Waals surface area contributed by atoms with Crippen LogP contribution in [-0.4, -0.2) is 29.4 Å². The Morgan fingerprint density at radius 2 is 0.963 bits per heavy atom. The maximum absolute atomic E-state index is 11.5. The lowest BCUT2D eigenvalue weighted by Gasteiger charge is -2.13. The Morgan fingerprint density at radius 3 is 1.30 bits per heavy atom. The van der Waals surface area contributed by atoms with E-state index in [0.29, 0.717) is 12.8 Å². The third kappa shape index (κ3) is 19.0. The van der Waals surface area contributed by atoms with E-state index >= 15 is 0 Å². The monoisotopic (exact) mass is 406 g/mol. The molecule has 0 aromatic heterocycles. The molecule has 2 unspecified atom stereocenters. The van der Waals surface area contributed by atoms with Crippen LogP contribution in [0.15, 0.2) is 0 Å². The van der Waals surface area contributed by atoms with Gasteiger partial charge in [-0.05, 0) is 26.2 Å². The molecule has 5 heteroatoms. The Labute approximate surface area is 169 Å². The fourth-order valence-corrected chi connectivity index (χ4v) is 4.57. The molecule has 0 heterocycles. The van der Waals surface area contributed by atoms with E-state index in [2.05, 4.69) is 6.92 Å². The third-order valence-corrected chi connectivity index (χ3v) is 6.76. The average Bonchev–Trinajstić information content (AvgIpc) is 2.59. The van der Waals surface area contributed by atoms with Crippen molar-refractivity contribution in [2.45, 2.75) is 141 Å². The summed E-state index contributed by atoms with van der Waals surface area (Å²) in [6, 6.07) is 0. The Kier molecular flexibility index (Phi) is 17.8. The number of hydrogen-bond acceptors (Lipinski definition) is 3. The van der Waals surface area contributed by atoms with E-state index in [1.54, 1.807) is 0 Å². The van der Waals surface area contributed by atoms with Gasteiger partial charge < -0.3 is 5.11 Å². The number of hydrogen-bond donors (Lipinski definition) is 2. The van der Waals surface area contributed by atoms with Gasteiger partial charge in [-0.3, -0.25) is 4.55 Å². The maximum Gasteiger partial charge on any atom is 0.267 e. The second-order valence-electron chi connectivity index (χ2n) is 8.30. The van der Waals surface area contributed by atoms with Gasteiger partial charge in [-0.1, -0.05) is 103 Å². The standard InChI is InChI=1S/C22H46O4S/c1-3-4-5-16-19-22(27(24,25)26)20-17-14-12-10-8-6-7-9-11-13-15-18-21(2)23/h21-23H,3-20H2,1-2H3,(H,24,25,26). The number of aliphatic hydroxyl groups excluding tert-OH is 1. The van der Waals surface area contributed by atoms with E-state index in [1.165, 1.54) is 51.4 Å². The lowest BCUT2D eigenvalue weighted by atomic mass is 10.0. The van der Waals surface area contributed by atoms with Gasteiger partial charge in [0.2, 0.25) is 0 Å². The fourth-order valence-electron chi connectivity index (χ4n) is 3.64. The Balaban J connectivity index is 3.51. The van der Waals surface area contributed by atoms with Crippen molar-refractivity contribution in [1.82, 2.24) is 0 Å². The molecular formula is C22H46O4S. The molecule has 0 fully saturated rings. The summed E-state index contributed by atoms with van der Waals surface area (Å²) in [5.74, 6) is 0. The molecule has 0 rings (SSSR count). The van der Waals surface area contributed by atoms with Crippen molar-refractivity contribution in [3.8, 4) is 0 Å². The van der Waals surface area contributed by atoms with Crippen LogP contribution in [0.2, 0.25) is 0 Å².